The highest BCUT2D eigenvalue weighted by Gasteiger charge is 2.30. The van der Waals surface area contributed by atoms with Gasteiger partial charge in [0.25, 0.3) is 0 Å². The summed E-state index contributed by atoms with van der Waals surface area (Å²) < 4.78 is 0. The lowest BCUT2D eigenvalue weighted by Gasteiger charge is -2.25. The van der Waals surface area contributed by atoms with Crippen LogP contribution in [-0.2, 0) is 30.4 Å². The molecule has 0 bridgehead atoms. The first kappa shape index (κ1) is 34.5. The molecule has 40 heavy (non-hydrogen) atoms. The predicted octanol–water partition coefficient (Wildman–Crippen LogP) is -1.23. The van der Waals surface area contributed by atoms with E-state index in [-0.39, 0.29) is 25.2 Å². The second kappa shape index (κ2) is 17.9. The maximum Gasteiger partial charge on any atom is 0.326 e. The molecule has 1 aromatic rings. The zero-order valence-electron chi connectivity index (χ0n) is 23.4. The highest BCUT2D eigenvalue weighted by molar-refractivity contribution is 5.95. The number of carboxylic acid groups (broad SMARTS) is 1. The number of aliphatic hydroxyl groups excluding tert-OH is 1. The molecule has 13 nitrogen and oxygen atoms in total. The first-order chi connectivity index (χ1) is 18.9. The third-order valence-electron chi connectivity index (χ3n) is 6.10. The lowest BCUT2D eigenvalue weighted by atomic mass is 10.0. The summed E-state index contributed by atoms with van der Waals surface area (Å²) in [7, 11) is 0. The number of nitrogens with one attached hydrogen (secondary N) is 4. The summed E-state index contributed by atoms with van der Waals surface area (Å²) >= 11 is 0. The number of hydrogen-bond acceptors (Lipinski definition) is 8. The molecule has 0 aliphatic carbocycles. The summed E-state index contributed by atoms with van der Waals surface area (Å²) in [6, 6.07) is 3.25. The second-order valence-corrected chi connectivity index (χ2v) is 10.1. The maximum absolute atomic E-state index is 13.1. The fraction of sp³-hybridized carbons (Fsp3) is 0.593. The molecule has 0 aromatic heterocycles. The minimum atomic E-state index is -1.22. The van der Waals surface area contributed by atoms with Crippen LogP contribution in [0.3, 0.4) is 0 Å². The molecule has 0 fully saturated rings. The number of carboxylic acids is 1. The molecule has 1 aromatic carbocycles. The van der Waals surface area contributed by atoms with Crippen LogP contribution < -0.4 is 32.7 Å². The number of benzene rings is 1. The number of aliphatic hydroxyl groups is 1. The number of aliphatic carboxylic acids is 1. The summed E-state index contributed by atoms with van der Waals surface area (Å²) in [5.41, 5.74) is 11.8. The molecule has 5 atom stereocenters. The van der Waals surface area contributed by atoms with Crippen molar-refractivity contribution in [2.45, 2.75) is 83.1 Å². The first-order valence-electron chi connectivity index (χ1n) is 13.4. The zero-order chi connectivity index (χ0) is 30.2. The maximum atomic E-state index is 13.1. The standard InChI is InChI=1S/C27H44N6O7/c1-16(2)13-21(32-24(36)19(29)15-34)26(38)30-17(3)23(35)31-20(11-7-8-12-28)25(37)33-22(27(39)40)14-18-9-5-4-6-10-18/h4-6,9-10,16-17,19-22,34H,7-8,11-15,28-29H2,1-3H3,(H,30,38)(H,31,35)(H,32,36)(H,33,37)(H,39,40)/t17-,19-,20-,21-,22-/m0/s1. The summed E-state index contributed by atoms with van der Waals surface area (Å²) in [5.74, 6) is -3.88. The molecule has 13 heteroatoms. The Kier molecular flexibility index (Phi) is 15.4. The Morgan fingerprint density at radius 3 is 1.93 bits per heavy atom. The Labute approximate surface area is 234 Å². The minimum Gasteiger partial charge on any atom is -0.480 e. The van der Waals surface area contributed by atoms with Gasteiger partial charge in [-0.05, 0) is 50.6 Å². The van der Waals surface area contributed by atoms with Gasteiger partial charge in [-0.25, -0.2) is 4.79 Å². The summed E-state index contributed by atoms with van der Waals surface area (Å²) in [5, 5.41) is 28.9. The van der Waals surface area contributed by atoms with Crippen LogP contribution in [0.25, 0.3) is 0 Å². The largest absolute Gasteiger partial charge is 0.480 e. The predicted molar refractivity (Wildman–Crippen MR) is 149 cm³/mol. The summed E-state index contributed by atoms with van der Waals surface area (Å²) in [6.45, 7) is 4.90. The molecule has 224 valence electrons. The molecule has 0 heterocycles. The fourth-order valence-corrected chi connectivity index (χ4v) is 3.82. The number of carbonyl (C=O) groups excluding carboxylic acids is 4. The SMILES string of the molecule is CC(C)C[C@H](NC(=O)[C@@H](N)CO)C(=O)N[C@@H](C)C(=O)N[C@@H](CCCCN)C(=O)N[C@@H](Cc1ccccc1)C(=O)O. The van der Waals surface area contributed by atoms with E-state index >= 15 is 0 Å². The third kappa shape index (κ3) is 12.5. The van der Waals surface area contributed by atoms with Crippen molar-refractivity contribution in [2.24, 2.45) is 17.4 Å². The van der Waals surface area contributed by atoms with Gasteiger partial charge in [0.05, 0.1) is 6.61 Å². The van der Waals surface area contributed by atoms with Crippen LogP contribution in [0.4, 0.5) is 0 Å². The van der Waals surface area contributed by atoms with E-state index in [0.717, 1.165) is 5.56 Å². The van der Waals surface area contributed by atoms with E-state index in [9.17, 15) is 29.1 Å². The van der Waals surface area contributed by atoms with Crippen molar-refractivity contribution in [1.29, 1.82) is 0 Å². The van der Waals surface area contributed by atoms with Crippen molar-refractivity contribution in [2.75, 3.05) is 13.2 Å². The van der Waals surface area contributed by atoms with Crippen molar-refractivity contribution in [3.8, 4) is 0 Å². The molecule has 1 rings (SSSR count). The molecular formula is C27H44N6O7. The molecular weight excluding hydrogens is 520 g/mol. The van der Waals surface area contributed by atoms with Gasteiger partial charge in [0, 0.05) is 6.42 Å². The second-order valence-electron chi connectivity index (χ2n) is 10.1. The van der Waals surface area contributed by atoms with Gasteiger partial charge < -0.3 is 42.9 Å². The number of hydrogen-bond donors (Lipinski definition) is 8. The number of amides is 4. The molecule has 0 aliphatic rings. The Bertz CT molecular complexity index is 975. The van der Waals surface area contributed by atoms with Gasteiger partial charge in [-0.1, -0.05) is 44.2 Å². The molecule has 0 spiro atoms. The van der Waals surface area contributed by atoms with Crippen molar-refractivity contribution in [3.63, 3.8) is 0 Å². The van der Waals surface area contributed by atoms with E-state index in [0.29, 0.717) is 19.4 Å². The van der Waals surface area contributed by atoms with Gasteiger partial charge in [-0.3, -0.25) is 19.2 Å². The van der Waals surface area contributed by atoms with Crippen molar-refractivity contribution in [1.82, 2.24) is 21.3 Å². The van der Waals surface area contributed by atoms with E-state index in [2.05, 4.69) is 21.3 Å². The van der Waals surface area contributed by atoms with E-state index in [1.54, 1.807) is 30.3 Å². The Morgan fingerprint density at radius 2 is 1.38 bits per heavy atom. The fourth-order valence-electron chi connectivity index (χ4n) is 3.82. The zero-order valence-corrected chi connectivity index (χ0v) is 23.4. The third-order valence-corrected chi connectivity index (χ3v) is 6.10. The monoisotopic (exact) mass is 564 g/mol. The van der Waals surface area contributed by atoms with Gasteiger partial charge in [0.2, 0.25) is 23.6 Å². The van der Waals surface area contributed by atoms with E-state index in [1.807, 2.05) is 13.8 Å². The van der Waals surface area contributed by atoms with Crippen LogP contribution in [0.2, 0.25) is 0 Å². The average molecular weight is 565 g/mol. The Morgan fingerprint density at radius 1 is 0.800 bits per heavy atom. The van der Waals surface area contributed by atoms with Crippen LogP contribution in [0.1, 0.15) is 52.0 Å². The normalized spacial score (nSPS) is 14.8. The van der Waals surface area contributed by atoms with Gasteiger partial charge in [-0.2, -0.15) is 0 Å². The number of unbranched alkanes of at least 4 members (excludes halogenated alkanes) is 1. The molecule has 4 amide bonds. The average Bonchev–Trinajstić information content (AvgIpc) is 2.91. The lowest BCUT2D eigenvalue weighted by Crippen LogP contribution is -2.58. The van der Waals surface area contributed by atoms with E-state index in [1.165, 1.54) is 6.92 Å². The molecule has 0 saturated heterocycles. The van der Waals surface area contributed by atoms with Crippen molar-refractivity contribution >= 4 is 29.6 Å². The van der Waals surface area contributed by atoms with Crippen LogP contribution in [0.5, 0.6) is 0 Å². The van der Waals surface area contributed by atoms with Gasteiger partial charge in [-0.15, -0.1) is 0 Å². The highest BCUT2D eigenvalue weighted by atomic mass is 16.4. The number of nitrogens with two attached hydrogens (primary N) is 2. The quantitative estimate of drug-likeness (QED) is 0.0997. The molecule has 0 saturated carbocycles. The Balaban J connectivity index is 2.93. The van der Waals surface area contributed by atoms with E-state index < -0.39 is 66.4 Å². The Hall–Kier alpha value is -3.55. The van der Waals surface area contributed by atoms with Crippen molar-refractivity contribution < 1.29 is 34.2 Å². The summed E-state index contributed by atoms with van der Waals surface area (Å²) in [6.07, 6.45) is 1.61. The molecule has 0 radical (unpaired) electrons. The number of rotatable bonds is 18. The molecule has 0 unspecified atom stereocenters. The molecule has 10 N–H and O–H groups in total. The van der Waals surface area contributed by atoms with Crippen LogP contribution >= 0.6 is 0 Å². The highest BCUT2D eigenvalue weighted by Crippen LogP contribution is 2.08. The smallest absolute Gasteiger partial charge is 0.326 e. The van der Waals surface area contributed by atoms with Crippen molar-refractivity contribution in [3.05, 3.63) is 35.9 Å². The van der Waals surface area contributed by atoms with Crippen LogP contribution in [0.15, 0.2) is 30.3 Å². The topological polar surface area (TPSA) is 226 Å². The number of carbonyl (C=O) groups is 5. The summed E-state index contributed by atoms with van der Waals surface area (Å²) in [4.78, 5) is 62.9. The minimum absolute atomic E-state index is 0.0132. The molecule has 0 aliphatic heterocycles. The van der Waals surface area contributed by atoms with Gasteiger partial charge >= 0.3 is 5.97 Å². The van der Waals surface area contributed by atoms with Gasteiger partial charge in [0.1, 0.15) is 30.2 Å². The van der Waals surface area contributed by atoms with Gasteiger partial charge in [0.15, 0.2) is 0 Å². The van der Waals surface area contributed by atoms with E-state index in [4.69, 9.17) is 16.6 Å². The van der Waals surface area contributed by atoms with Crippen LogP contribution in [0, 0.1) is 5.92 Å². The first-order valence-corrected chi connectivity index (χ1v) is 13.4. The lowest BCUT2D eigenvalue weighted by molar-refractivity contribution is -0.142. The van der Waals surface area contributed by atoms with Crippen LogP contribution in [-0.4, -0.2) is 83.2 Å².